The zero-order chi connectivity index (χ0) is 24.4. The highest BCUT2D eigenvalue weighted by Gasteiger charge is 2.45. The molecule has 1 rings (SSSR count). The van der Waals surface area contributed by atoms with Crippen LogP contribution in [0.5, 0.6) is 5.75 Å². The minimum atomic E-state index is -1.79. The number of hydrogen-bond acceptors (Lipinski definition) is 10. The summed E-state index contributed by atoms with van der Waals surface area (Å²) in [6, 6.07) is 6.64. The molecule has 0 heterocycles. The molecule has 32 heavy (non-hydrogen) atoms. The fourth-order valence-corrected chi connectivity index (χ4v) is 3.11. The van der Waals surface area contributed by atoms with Crippen LogP contribution in [-0.4, -0.2) is 60.2 Å². The molecule has 0 aliphatic heterocycles. The first-order valence-corrected chi connectivity index (χ1v) is 10.7. The molecule has 1 aromatic carbocycles. The molecular weight excluding hydrogens is 539 g/mol. The van der Waals surface area contributed by atoms with Crippen LogP contribution in [0.15, 0.2) is 24.3 Å². The van der Waals surface area contributed by atoms with Crippen molar-refractivity contribution in [1.29, 1.82) is 0 Å². The second-order valence-electron chi connectivity index (χ2n) is 6.96. The molecule has 0 spiro atoms. The van der Waals surface area contributed by atoms with E-state index in [2.05, 4.69) is 22.6 Å². The van der Waals surface area contributed by atoms with Crippen LogP contribution in [0, 0.1) is 9.49 Å². The molecule has 0 aromatic heterocycles. The third-order valence-corrected chi connectivity index (χ3v) is 4.73. The summed E-state index contributed by atoms with van der Waals surface area (Å²) in [5.74, 6) is -3.32. The summed E-state index contributed by atoms with van der Waals surface area (Å²) in [5, 5.41) is 10.7. The van der Waals surface area contributed by atoms with Crippen molar-refractivity contribution in [1.82, 2.24) is 0 Å². The smallest absolute Gasteiger partial charge is 0.303 e. The van der Waals surface area contributed by atoms with E-state index in [1.165, 1.54) is 6.92 Å². The van der Waals surface area contributed by atoms with Gasteiger partial charge in [0.05, 0.1) is 6.61 Å². The van der Waals surface area contributed by atoms with Gasteiger partial charge < -0.3 is 28.8 Å². The van der Waals surface area contributed by atoms with Gasteiger partial charge in [-0.2, -0.15) is 0 Å². The minimum Gasteiger partial charge on any atom is -0.465 e. The number of carbonyl (C=O) groups is 4. The first-order valence-electron chi connectivity index (χ1n) is 9.66. The molecule has 0 fully saturated rings. The van der Waals surface area contributed by atoms with Gasteiger partial charge in [0.2, 0.25) is 12.4 Å². The minimum absolute atomic E-state index is 0.189. The van der Waals surface area contributed by atoms with Gasteiger partial charge in [-0.05, 0) is 46.9 Å². The molecule has 3 unspecified atom stereocenters. The molecule has 0 saturated carbocycles. The number of benzene rings is 1. The molecule has 0 saturated heterocycles. The SMILES string of the molecule is CC(=O)OCC(C)[C@@H](OC(C)=O)C(OC(C)=O)C(OC(C)=O)[C@H](O)Oc1ccc(I)cc1. The van der Waals surface area contributed by atoms with Gasteiger partial charge in [0, 0.05) is 37.2 Å². The van der Waals surface area contributed by atoms with E-state index in [9.17, 15) is 24.3 Å². The Hall–Kier alpha value is -2.41. The van der Waals surface area contributed by atoms with E-state index in [-0.39, 0.29) is 12.4 Å². The van der Waals surface area contributed by atoms with Crippen molar-refractivity contribution in [3.05, 3.63) is 27.8 Å². The maximum absolute atomic E-state index is 11.8. The summed E-state index contributed by atoms with van der Waals surface area (Å²) in [6.07, 6.45) is -6.07. The molecule has 11 heteroatoms. The summed E-state index contributed by atoms with van der Waals surface area (Å²) in [4.78, 5) is 46.6. The fraction of sp³-hybridized carbons (Fsp3) is 0.524. The standard InChI is InChI=1S/C21H27IO10/c1-11(10-28-12(2)23)18(29-13(3)24)19(30-14(4)25)20(31-15(5)26)21(27)32-17-8-6-16(22)7-9-17/h6-9,11,18-21,27H,10H2,1-5H3/t11?,18-,19?,20?,21-/m1/s1. The van der Waals surface area contributed by atoms with Crippen LogP contribution in [0.25, 0.3) is 0 Å². The number of hydrogen-bond donors (Lipinski definition) is 1. The van der Waals surface area contributed by atoms with Gasteiger partial charge in [-0.1, -0.05) is 6.92 Å². The molecule has 0 aliphatic carbocycles. The zero-order valence-electron chi connectivity index (χ0n) is 18.4. The Balaban J connectivity index is 3.31. The number of esters is 4. The van der Waals surface area contributed by atoms with Crippen LogP contribution in [0.3, 0.4) is 0 Å². The van der Waals surface area contributed by atoms with Gasteiger partial charge in [0.25, 0.3) is 0 Å². The monoisotopic (exact) mass is 566 g/mol. The molecular formula is C21H27IO10. The average Bonchev–Trinajstić information content (AvgIpc) is 2.68. The summed E-state index contributed by atoms with van der Waals surface area (Å²) in [5.41, 5.74) is 0. The predicted molar refractivity (Wildman–Crippen MR) is 118 cm³/mol. The van der Waals surface area contributed by atoms with E-state index in [1.54, 1.807) is 31.2 Å². The van der Waals surface area contributed by atoms with E-state index >= 15 is 0 Å². The third kappa shape index (κ3) is 9.81. The second-order valence-corrected chi connectivity index (χ2v) is 8.21. The Kier molecular flexibility index (Phi) is 11.4. The van der Waals surface area contributed by atoms with Crippen LogP contribution in [-0.2, 0) is 38.1 Å². The lowest BCUT2D eigenvalue weighted by molar-refractivity contribution is -0.216. The van der Waals surface area contributed by atoms with Crippen molar-refractivity contribution in [2.75, 3.05) is 6.61 Å². The highest BCUT2D eigenvalue weighted by Crippen LogP contribution is 2.25. The van der Waals surface area contributed by atoms with E-state index in [1.807, 2.05) is 0 Å². The maximum atomic E-state index is 11.8. The van der Waals surface area contributed by atoms with Gasteiger partial charge >= 0.3 is 23.9 Å². The van der Waals surface area contributed by atoms with Crippen LogP contribution in [0.2, 0.25) is 0 Å². The second kappa shape index (κ2) is 13.2. The van der Waals surface area contributed by atoms with E-state index in [4.69, 9.17) is 23.7 Å². The Bertz CT molecular complexity index is 794. The van der Waals surface area contributed by atoms with Crippen molar-refractivity contribution >= 4 is 46.5 Å². The first-order chi connectivity index (χ1) is 14.9. The number of aliphatic hydroxyl groups excluding tert-OH is 1. The van der Waals surface area contributed by atoms with E-state index < -0.39 is 54.4 Å². The summed E-state index contributed by atoms with van der Waals surface area (Å²) < 4.78 is 27.2. The van der Waals surface area contributed by atoms with Crippen LogP contribution < -0.4 is 4.74 Å². The highest BCUT2D eigenvalue weighted by atomic mass is 127. The van der Waals surface area contributed by atoms with Gasteiger partial charge in [0.1, 0.15) is 11.9 Å². The molecule has 5 atom stereocenters. The molecule has 1 N–H and O–H groups in total. The highest BCUT2D eigenvalue weighted by molar-refractivity contribution is 14.1. The Morgan fingerprint density at radius 3 is 1.75 bits per heavy atom. The Labute approximate surface area is 199 Å². The third-order valence-electron chi connectivity index (χ3n) is 4.02. The molecule has 178 valence electrons. The van der Waals surface area contributed by atoms with E-state index in [0.717, 1.165) is 24.3 Å². The van der Waals surface area contributed by atoms with Gasteiger partial charge in [-0.15, -0.1) is 0 Å². The quantitative estimate of drug-likeness (QED) is 0.183. The Morgan fingerprint density at radius 2 is 1.28 bits per heavy atom. The fourth-order valence-electron chi connectivity index (χ4n) is 2.75. The van der Waals surface area contributed by atoms with Crippen molar-refractivity contribution in [2.45, 2.75) is 59.2 Å². The van der Waals surface area contributed by atoms with Crippen molar-refractivity contribution in [3.63, 3.8) is 0 Å². The number of halogens is 1. The lowest BCUT2D eigenvalue weighted by Crippen LogP contribution is -2.54. The molecule has 0 aliphatic rings. The molecule has 0 amide bonds. The lowest BCUT2D eigenvalue weighted by Gasteiger charge is -2.36. The van der Waals surface area contributed by atoms with Gasteiger partial charge in [0.15, 0.2) is 6.10 Å². The summed E-state index contributed by atoms with van der Waals surface area (Å²) in [7, 11) is 0. The van der Waals surface area contributed by atoms with Crippen molar-refractivity contribution < 1.29 is 48.0 Å². The molecule has 0 bridgehead atoms. The average molecular weight is 566 g/mol. The lowest BCUT2D eigenvalue weighted by atomic mass is 9.95. The maximum Gasteiger partial charge on any atom is 0.303 e. The number of aliphatic hydroxyl groups is 1. The zero-order valence-corrected chi connectivity index (χ0v) is 20.6. The van der Waals surface area contributed by atoms with E-state index in [0.29, 0.717) is 0 Å². The molecule has 0 radical (unpaired) electrons. The number of carbonyl (C=O) groups excluding carboxylic acids is 4. The van der Waals surface area contributed by atoms with Crippen LogP contribution in [0.1, 0.15) is 34.6 Å². The van der Waals surface area contributed by atoms with Crippen LogP contribution in [0.4, 0.5) is 0 Å². The summed E-state index contributed by atoms with van der Waals surface area (Å²) >= 11 is 2.09. The summed E-state index contributed by atoms with van der Waals surface area (Å²) in [6.45, 7) is 5.92. The van der Waals surface area contributed by atoms with Crippen LogP contribution >= 0.6 is 22.6 Å². The predicted octanol–water partition coefficient (Wildman–Crippen LogP) is 1.98. The van der Waals surface area contributed by atoms with Crippen molar-refractivity contribution in [2.24, 2.45) is 5.92 Å². The van der Waals surface area contributed by atoms with Gasteiger partial charge in [-0.3, -0.25) is 19.2 Å². The Morgan fingerprint density at radius 1 is 0.812 bits per heavy atom. The normalized spacial score (nSPS) is 15.3. The van der Waals surface area contributed by atoms with Gasteiger partial charge in [-0.25, -0.2) is 0 Å². The largest absolute Gasteiger partial charge is 0.465 e. The molecule has 1 aromatic rings. The topological polar surface area (TPSA) is 135 Å². The number of ether oxygens (including phenoxy) is 5. The first kappa shape index (κ1) is 27.6. The number of rotatable bonds is 11. The molecule has 10 nitrogen and oxygen atoms in total. The van der Waals surface area contributed by atoms with Crippen molar-refractivity contribution in [3.8, 4) is 5.75 Å².